The van der Waals surface area contributed by atoms with Gasteiger partial charge in [0, 0.05) is 23.9 Å². The molecule has 7 nitrogen and oxygen atoms in total. The fourth-order valence-electron chi connectivity index (χ4n) is 9.00. The van der Waals surface area contributed by atoms with Gasteiger partial charge in [-0.1, -0.05) is 52.3 Å². The van der Waals surface area contributed by atoms with Crippen LogP contribution in [-0.2, 0) is 26.8 Å². The third kappa shape index (κ3) is 4.33. The van der Waals surface area contributed by atoms with Gasteiger partial charge in [-0.2, -0.15) is 0 Å². The van der Waals surface area contributed by atoms with Gasteiger partial charge in [-0.05, 0) is 92.7 Å². The first-order valence-corrected chi connectivity index (χ1v) is 16.2. The van der Waals surface area contributed by atoms with E-state index in [1.807, 2.05) is 0 Å². The molecule has 0 spiro atoms. The third-order valence-electron chi connectivity index (χ3n) is 11.7. The van der Waals surface area contributed by atoms with Gasteiger partial charge in [0.05, 0.1) is 11.1 Å². The fourth-order valence-corrected chi connectivity index (χ4v) is 9.00. The van der Waals surface area contributed by atoms with Gasteiger partial charge in [0.15, 0.2) is 17.3 Å². The Morgan fingerprint density at radius 1 is 1.09 bits per heavy atom. The van der Waals surface area contributed by atoms with Crippen LogP contribution in [0.3, 0.4) is 0 Å². The van der Waals surface area contributed by atoms with Gasteiger partial charge in [-0.25, -0.2) is 0 Å². The van der Waals surface area contributed by atoms with Crippen LogP contribution in [0.5, 0.6) is 17.2 Å². The molecule has 3 N–H and O–H groups in total. The summed E-state index contributed by atoms with van der Waals surface area (Å²) in [7, 11) is 0. The Bertz CT molecular complexity index is 1750. The maximum atomic E-state index is 14.3. The molecule has 238 valence electrons. The van der Waals surface area contributed by atoms with E-state index in [4.69, 9.17) is 4.74 Å². The molecule has 0 saturated heterocycles. The minimum absolute atomic E-state index is 0.0181. The van der Waals surface area contributed by atoms with Crippen molar-refractivity contribution < 1.29 is 29.3 Å². The highest BCUT2D eigenvalue weighted by atomic mass is 16.5. The van der Waals surface area contributed by atoms with Crippen molar-refractivity contribution >= 4 is 17.3 Å². The molecule has 0 unspecified atom stereocenters. The number of ketones is 3. The van der Waals surface area contributed by atoms with E-state index in [9.17, 15) is 24.6 Å². The smallest absolute Gasteiger partial charge is 0.194 e. The Balaban J connectivity index is 1.33. The van der Waals surface area contributed by atoms with Crippen LogP contribution in [-0.4, -0.2) is 34.1 Å². The lowest BCUT2D eigenvalue weighted by Gasteiger charge is -2.55. The summed E-state index contributed by atoms with van der Waals surface area (Å²) in [6.07, 6.45) is 6.72. The summed E-state index contributed by atoms with van der Waals surface area (Å²) in [5.41, 5.74) is 3.39. The SMILES string of the molecule is CC(=O)c1c(O)c(C)c(O)c2c1OC1=CC(=O)/C(=C(/C)NC[C@]3(C)CCC[C@]4(C)c5ccc(C(C)C)cc5CC[C@@H]34)C(=O)[C@@]12C. The van der Waals surface area contributed by atoms with Gasteiger partial charge in [0.2, 0.25) is 0 Å². The minimum Gasteiger partial charge on any atom is -0.507 e. The van der Waals surface area contributed by atoms with E-state index in [1.165, 1.54) is 36.6 Å². The van der Waals surface area contributed by atoms with Crippen LogP contribution in [0.1, 0.15) is 118 Å². The number of carbonyl (C=O) groups excluding carboxylic acids is 3. The molecule has 1 aliphatic heterocycles. The number of fused-ring (bicyclic) bond motifs is 6. The standard InChI is InChI=1S/C38H45NO6/c1-19(2)23-10-12-25-24(16-23)11-13-27-36(6,14-9-15-37(25,27)7)18-39-21(4)29-26(41)17-28-38(8,35(29)44)31-33(43)20(3)32(42)30(22(5)40)34(31)45-28/h10,12,16-17,19,27,39,42-43H,9,11,13-15,18H2,1-8H3/b29-21+/t27-,36-,37+,38-/m0/s1. The number of nitrogens with one attached hydrogen (secondary N) is 1. The van der Waals surface area contributed by atoms with Gasteiger partial charge in [-0.3, -0.25) is 14.4 Å². The second kappa shape index (κ2) is 10.3. The quantitative estimate of drug-likeness (QED) is 0.190. The predicted octanol–water partition coefficient (Wildman–Crippen LogP) is 6.99. The summed E-state index contributed by atoms with van der Waals surface area (Å²) in [5, 5.41) is 25.3. The van der Waals surface area contributed by atoms with Crippen LogP contribution in [0.15, 0.2) is 41.3 Å². The molecule has 45 heavy (non-hydrogen) atoms. The molecule has 2 aromatic rings. The second-order valence-electron chi connectivity index (χ2n) is 14.8. The molecule has 0 amide bonds. The highest BCUT2D eigenvalue weighted by Gasteiger charge is 2.57. The normalized spacial score (nSPS) is 29.7. The largest absolute Gasteiger partial charge is 0.507 e. The van der Waals surface area contributed by atoms with Crippen LogP contribution < -0.4 is 10.1 Å². The van der Waals surface area contributed by atoms with Crippen molar-refractivity contribution in [1.29, 1.82) is 0 Å². The molecule has 4 atom stereocenters. The van der Waals surface area contributed by atoms with Crippen LogP contribution in [0.25, 0.3) is 0 Å². The van der Waals surface area contributed by atoms with Crippen LogP contribution in [0, 0.1) is 18.3 Å². The summed E-state index contributed by atoms with van der Waals surface area (Å²) < 4.78 is 5.92. The Hall–Kier alpha value is -3.87. The van der Waals surface area contributed by atoms with E-state index in [-0.39, 0.29) is 50.4 Å². The number of benzene rings is 2. The lowest BCUT2D eigenvalue weighted by Crippen LogP contribution is -2.52. The second-order valence-corrected chi connectivity index (χ2v) is 14.8. The van der Waals surface area contributed by atoms with Crippen molar-refractivity contribution in [2.24, 2.45) is 11.3 Å². The molecule has 2 aromatic carbocycles. The van der Waals surface area contributed by atoms with E-state index < -0.39 is 28.5 Å². The number of rotatable bonds is 5. The number of allylic oxidation sites excluding steroid dienone is 4. The summed E-state index contributed by atoms with van der Waals surface area (Å²) in [4.78, 5) is 40.3. The number of phenolic OH excluding ortho intramolecular Hbond substituents is 2. The molecule has 0 bridgehead atoms. The Kier molecular flexibility index (Phi) is 7.14. The molecule has 1 saturated carbocycles. The average Bonchev–Trinajstić information content (AvgIpc) is 3.27. The summed E-state index contributed by atoms with van der Waals surface area (Å²) in [5.74, 6) is -1.27. The number of ether oxygens (including phenoxy) is 1. The number of aromatic hydroxyl groups is 2. The molecule has 1 heterocycles. The van der Waals surface area contributed by atoms with Crippen LogP contribution in [0.2, 0.25) is 0 Å². The van der Waals surface area contributed by atoms with Crippen molar-refractivity contribution in [3.63, 3.8) is 0 Å². The third-order valence-corrected chi connectivity index (χ3v) is 11.7. The lowest BCUT2D eigenvalue weighted by molar-refractivity contribution is -0.123. The predicted molar refractivity (Wildman–Crippen MR) is 173 cm³/mol. The van der Waals surface area contributed by atoms with Crippen molar-refractivity contribution in [3.8, 4) is 17.2 Å². The maximum absolute atomic E-state index is 14.3. The summed E-state index contributed by atoms with van der Waals surface area (Å²) >= 11 is 0. The van der Waals surface area contributed by atoms with Gasteiger partial charge < -0.3 is 20.3 Å². The highest BCUT2D eigenvalue weighted by Crippen LogP contribution is 2.59. The van der Waals surface area contributed by atoms with Crippen LogP contribution >= 0.6 is 0 Å². The van der Waals surface area contributed by atoms with E-state index in [1.54, 1.807) is 13.8 Å². The number of hydrogen-bond acceptors (Lipinski definition) is 7. The molecule has 0 radical (unpaired) electrons. The zero-order chi connectivity index (χ0) is 32.8. The number of aryl methyl sites for hydroxylation is 1. The van der Waals surface area contributed by atoms with E-state index in [0.717, 1.165) is 32.1 Å². The first kappa shape index (κ1) is 31.1. The maximum Gasteiger partial charge on any atom is 0.194 e. The van der Waals surface area contributed by atoms with E-state index >= 15 is 0 Å². The number of phenols is 2. The summed E-state index contributed by atoms with van der Waals surface area (Å²) in [6.45, 7) is 16.0. The van der Waals surface area contributed by atoms with Crippen molar-refractivity contribution in [2.45, 2.75) is 104 Å². The average molecular weight is 612 g/mol. The highest BCUT2D eigenvalue weighted by molar-refractivity contribution is 6.31. The number of Topliss-reactive ketones (excluding diaryl/α,β-unsaturated/α-hetero) is 2. The van der Waals surface area contributed by atoms with Gasteiger partial charge in [-0.15, -0.1) is 0 Å². The molecule has 3 aliphatic carbocycles. The number of carbonyl (C=O) groups is 3. The van der Waals surface area contributed by atoms with Gasteiger partial charge in [0.1, 0.15) is 34.0 Å². The van der Waals surface area contributed by atoms with Gasteiger partial charge in [0.25, 0.3) is 0 Å². The van der Waals surface area contributed by atoms with Gasteiger partial charge >= 0.3 is 0 Å². The first-order chi connectivity index (χ1) is 21.1. The molecule has 7 heteroatoms. The zero-order valence-electron chi connectivity index (χ0n) is 27.7. The Morgan fingerprint density at radius 2 is 1.80 bits per heavy atom. The van der Waals surface area contributed by atoms with Crippen molar-refractivity contribution in [1.82, 2.24) is 5.32 Å². The first-order valence-electron chi connectivity index (χ1n) is 16.2. The number of hydrogen-bond donors (Lipinski definition) is 3. The molecule has 6 rings (SSSR count). The zero-order valence-corrected chi connectivity index (χ0v) is 27.7. The Labute approximate surface area is 265 Å². The van der Waals surface area contributed by atoms with E-state index in [2.05, 4.69) is 51.2 Å². The lowest BCUT2D eigenvalue weighted by atomic mass is 9.49. The molecule has 1 fully saturated rings. The topological polar surface area (TPSA) is 113 Å². The Morgan fingerprint density at radius 3 is 2.47 bits per heavy atom. The van der Waals surface area contributed by atoms with Crippen molar-refractivity contribution in [2.75, 3.05) is 6.54 Å². The molecular formula is C38H45NO6. The van der Waals surface area contributed by atoms with Crippen molar-refractivity contribution in [3.05, 3.63) is 74.7 Å². The molecule has 0 aromatic heterocycles. The fraction of sp³-hybridized carbons (Fsp3) is 0.500. The van der Waals surface area contributed by atoms with Crippen LogP contribution in [0.4, 0.5) is 0 Å². The minimum atomic E-state index is -1.52. The monoisotopic (exact) mass is 611 g/mol. The molecular weight excluding hydrogens is 566 g/mol. The summed E-state index contributed by atoms with van der Waals surface area (Å²) in [6, 6.07) is 7.07. The molecule has 4 aliphatic rings. The van der Waals surface area contributed by atoms with E-state index in [0.29, 0.717) is 24.1 Å².